The number of carbonyl (C=O) groups excluding carboxylic acids is 1. The Labute approximate surface area is 123 Å². The number of ether oxygens (including phenoxy) is 1. The number of aliphatic hydroxyl groups is 1. The van der Waals surface area contributed by atoms with E-state index in [9.17, 15) is 14.3 Å². The Morgan fingerprint density at radius 3 is 2.81 bits per heavy atom. The number of amides is 1. The third-order valence-corrected chi connectivity index (χ3v) is 3.66. The lowest BCUT2D eigenvalue weighted by molar-refractivity contribution is -0.157. The first-order valence-corrected chi connectivity index (χ1v) is 7.00. The first-order valence-electron chi connectivity index (χ1n) is 7.00. The molecule has 0 unspecified atom stereocenters. The zero-order valence-electron chi connectivity index (χ0n) is 12.1. The van der Waals surface area contributed by atoms with Crippen LogP contribution in [0.15, 0.2) is 24.3 Å². The van der Waals surface area contributed by atoms with Crippen LogP contribution in [0.25, 0.3) is 0 Å². The third-order valence-electron chi connectivity index (χ3n) is 3.66. The largest absolute Gasteiger partial charge is 0.393 e. The smallest absolute Gasteiger partial charge is 0.236 e. The number of nitrogens with one attached hydrogen (secondary N) is 1. The summed E-state index contributed by atoms with van der Waals surface area (Å²) >= 11 is 0. The summed E-state index contributed by atoms with van der Waals surface area (Å²) in [6.45, 7) is 1.32. The van der Waals surface area contributed by atoms with Gasteiger partial charge in [0, 0.05) is 13.0 Å². The summed E-state index contributed by atoms with van der Waals surface area (Å²) in [4.78, 5) is 13.7. The molecule has 0 aliphatic carbocycles. The summed E-state index contributed by atoms with van der Waals surface area (Å²) in [5.41, 5.74) is 0.0489. The Kier molecular flexibility index (Phi) is 5.27. The number of benzene rings is 1. The van der Waals surface area contributed by atoms with Crippen LogP contribution in [-0.4, -0.2) is 61.4 Å². The molecule has 1 fully saturated rings. The second-order valence-electron chi connectivity index (χ2n) is 5.34. The van der Waals surface area contributed by atoms with Gasteiger partial charge in [-0.25, -0.2) is 4.39 Å². The van der Waals surface area contributed by atoms with Crippen molar-refractivity contribution in [2.45, 2.75) is 12.0 Å². The second kappa shape index (κ2) is 6.98. The number of hydrogen-bond donors (Lipinski definition) is 2. The van der Waals surface area contributed by atoms with Gasteiger partial charge in [-0.15, -0.1) is 0 Å². The van der Waals surface area contributed by atoms with Gasteiger partial charge in [-0.05, 0) is 24.7 Å². The fourth-order valence-corrected chi connectivity index (χ4v) is 2.55. The van der Waals surface area contributed by atoms with Crippen LogP contribution in [-0.2, 0) is 16.0 Å². The van der Waals surface area contributed by atoms with E-state index in [2.05, 4.69) is 5.32 Å². The average Bonchev–Trinajstić information content (AvgIpc) is 2.50. The van der Waals surface area contributed by atoms with E-state index in [1.165, 1.54) is 12.1 Å². The highest BCUT2D eigenvalue weighted by Gasteiger charge is 2.37. The molecule has 1 amide bonds. The third kappa shape index (κ3) is 4.00. The summed E-state index contributed by atoms with van der Waals surface area (Å²) in [5, 5.41) is 12.6. The standard InChI is InChI=1S/C15H21FN2O3/c1-17-9-14(20)18-6-7-21-15(10-18,11-19)8-12-2-4-13(16)5-3-12/h2-5,17,19H,6-11H2,1H3/t15-/m0/s1. The Hall–Kier alpha value is -1.50. The fourth-order valence-electron chi connectivity index (χ4n) is 2.55. The van der Waals surface area contributed by atoms with Crippen molar-refractivity contribution in [1.29, 1.82) is 0 Å². The van der Waals surface area contributed by atoms with Gasteiger partial charge in [0.1, 0.15) is 11.4 Å². The molecule has 5 nitrogen and oxygen atoms in total. The van der Waals surface area contributed by atoms with Gasteiger partial charge in [0.25, 0.3) is 0 Å². The number of likely N-dealkylation sites (N-methyl/N-ethyl adjacent to an activating group) is 1. The van der Waals surface area contributed by atoms with Gasteiger partial charge in [-0.3, -0.25) is 4.79 Å². The minimum Gasteiger partial charge on any atom is -0.393 e. The van der Waals surface area contributed by atoms with E-state index in [0.29, 0.717) is 26.1 Å². The normalized spacial score (nSPS) is 22.3. The van der Waals surface area contributed by atoms with Crippen LogP contribution in [0, 0.1) is 5.82 Å². The molecule has 1 aliphatic rings. The molecule has 1 aromatic rings. The van der Waals surface area contributed by atoms with Gasteiger partial charge < -0.3 is 20.1 Å². The molecule has 2 rings (SSSR count). The molecule has 1 saturated heterocycles. The maximum Gasteiger partial charge on any atom is 0.236 e. The Bertz CT molecular complexity index is 480. The highest BCUT2D eigenvalue weighted by atomic mass is 19.1. The van der Waals surface area contributed by atoms with E-state index >= 15 is 0 Å². The van der Waals surface area contributed by atoms with Crippen LogP contribution in [0.3, 0.4) is 0 Å². The predicted octanol–water partition coefficient (Wildman–Crippen LogP) is 0.178. The molecule has 0 aromatic heterocycles. The fraction of sp³-hybridized carbons (Fsp3) is 0.533. The second-order valence-corrected chi connectivity index (χ2v) is 5.34. The van der Waals surface area contributed by atoms with Crippen molar-refractivity contribution in [3.05, 3.63) is 35.6 Å². The average molecular weight is 296 g/mol. The minimum atomic E-state index is -0.820. The molecule has 1 heterocycles. The lowest BCUT2D eigenvalue weighted by Gasteiger charge is -2.42. The highest BCUT2D eigenvalue weighted by molar-refractivity contribution is 5.78. The van der Waals surface area contributed by atoms with Crippen molar-refractivity contribution in [1.82, 2.24) is 10.2 Å². The minimum absolute atomic E-state index is 0.0160. The van der Waals surface area contributed by atoms with Gasteiger partial charge in [0.15, 0.2) is 0 Å². The van der Waals surface area contributed by atoms with E-state index in [-0.39, 0.29) is 24.9 Å². The van der Waals surface area contributed by atoms with Crippen LogP contribution < -0.4 is 5.32 Å². The summed E-state index contributed by atoms with van der Waals surface area (Å²) < 4.78 is 18.7. The molecule has 2 N–H and O–H groups in total. The van der Waals surface area contributed by atoms with Gasteiger partial charge in [0.05, 0.1) is 26.3 Å². The van der Waals surface area contributed by atoms with Gasteiger partial charge in [-0.2, -0.15) is 0 Å². The number of morpholine rings is 1. The first-order chi connectivity index (χ1) is 10.1. The molecule has 0 saturated carbocycles. The van der Waals surface area contributed by atoms with Gasteiger partial charge in [-0.1, -0.05) is 12.1 Å². The molecule has 116 valence electrons. The van der Waals surface area contributed by atoms with E-state index in [0.717, 1.165) is 5.56 Å². The molecule has 1 aliphatic heterocycles. The molecule has 0 radical (unpaired) electrons. The molecular weight excluding hydrogens is 275 g/mol. The molecule has 6 heteroatoms. The molecule has 1 atom stereocenters. The molecule has 0 bridgehead atoms. The topological polar surface area (TPSA) is 61.8 Å². The van der Waals surface area contributed by atoms with Crippen molar-refractivity contribution in [2.24, 2.45) is 0 Å². The van der Waals surface area contributed by atoms with E-state index in [4.69, 9.17) is 4.74 Å². The summed E-state index contributed by atoms with van der Waals surface area (Å²) in [5.74, 6) is -0.315. The summed E-state index contributed by atoms with van der Waals surface area (Å²) in [6, 6.07) is 6.11. The SMILES string of the molecule is CNCC(=O)N1CCO[C@@](CO)(Cc2ccc(F)cc2)C1. The number of halogens is 1. The maximum absolute atomic E-state index is 13.0. The van der Waals surface area contributed by atoms with Crippen LogP contribution in [0.1, 0.15) is 5.56 Å². The molecule has 1 aromatic carbocycles. The quantitative estimate of drug-likeness (QED) is 0.813. The van der Waals surface area contributed by atoms with Crippen molar-refractivity contribution in [2.75, 3.05) is 39.9 Å². The Morgan fingerprint density at radius 2 is 2.19 bits per heavy atom. The number of hydrogen-bond acceptors (Lipinski definition) is 4. The lowest BCUT2D eigenvalue weighted by Crippen LogP contribution is -2.57. The van der Waals surface area contributed by atoms with Crippen molar-refractivity contribution < 1.29 is 19.0 Å². The molecule has 21 heavy (non-hydrogen) atoms. The molecular formula is C15H21FN2O3. The number of aliphatic hydroxyl groups excluding tert-OH is 1. The number of nitrogens with zero attached hydrogens (tertiary/aromatic N) is 1. The first kappa shape index (κ1) is 15.9. The van der Waals surface area contributed by atoms with Crippen LogP contribution in [0.2, 0.25) is 0 Å². The maximum atomic E-state index is 13.0. The monoisotopic (exact) mass is 296 g/mol. The van der Waals surface area contributed by atoms with Crippen molar-refractivity contribution >= 4 is 5.91 Å². The Morgan fingerprint density at radius 1 is 1.48 bits per heavy atom. The molecule has 0 spiro atoms. The van der Waals surface area contributed by atoms with E-state index in [1.807, 2.05) is 0 Å². The van der Waals surface area contributed by atoms with E-state index < -0.39 is 5.60 Å². The van der Waals surface area contributed by atoms with Gasteiger partial charge >= 0.3 is 0 Å². The highest BCUT2D eigenvalue weighted by Crippen LogP contribution is 2.23. The van der Waals surface area contributed by atoms with Crippen molar-refractivity contribution in [3.63, 3.8) is 0 Å². The van der Waals surface area contributed by atoms with Crippen LogP contribution in [0.4, 0.5) is 4.39 Å². The number of rotatable bonds is 5. The Balaban J connectivity index is 2.09. The predicted molar refractivity (Wildman–Crippen MR) is 76.4 cm³/mol. The zero-order valence-corrected chi connectivity index (χ0v) is 12.1. The van der Waals surface area contributed by atoms with Crippen LogP contribution in [0.5, 0.6) is 0 Å². The summed E-state index contributed by atoms with van der Waals surface area (Å²) in [7, 11) is 1.72. The van der Waals surface area contributed by atoms with E-state index in [1.54, 1.807) is 24.1 Å². The summed E-state index contributed by atoms with van der Waals surface area (Å²) in [6.07, 6.45) is 0.438. The van der Waals surface area contributed by atoms with Crippen LogP contribution >= 0.6 is 0 Å². The number of carbonyl (C=O) groups is 1. The lowest BCUT2D eigenvalue weighted by atomic mass is 9.93. The van der Waals surface area contributed by atoms with Gasteiger partial charge in [0.2, 0.25) is 5.91 Å². The zero-order chi connectivity index (χ0) is 15.3. The van der Waals surface area contributed by atoms with Crippen molar-refractivity contribution in [3.8, 4) is 0 Å².